The molecule has 48 valence electrons. The SMILES string of the molecule is CC(=CBr)CCCO. The van der Waals surface area contributed by atoms with Crippen molar-refractivity contribution in [2.24, 2.45) is 0 Å². The summed E-state index contributed by atoms with van der Waals surface area (Å²) in [5.41, 5.74) is 1.28. The van der Waals surface area contributed by atoms with Gasteiger partial charge in [-0.15, -0.1) is 0 Å². The van der Waals surface area contributed by atoms with E-state index in [9.17, 15) is 0 Å². The van der Waals surface area contributed by atoms with Gasteiger partial charge in [-0.2, -0.15) is 0 Å². The van der Waals surface area contributed by atoms with Gasteiger partial charge in [0.2, 0.25) is 0 Å². The predicted molar refractivity (Wildman–Crippen MR) is 39.0 cm³/mol. The molecule has 0 aromatic rings. The lowest BCUT2D eigenvalue weighted by Gasteiger charge is -1.93. The first-order valence-corrected chi connectivity index (χ1v) is 3.59. The topological polar surface area (TPSA) is 20.2 Å². The highest BCUT2D eigenvalue weighted by Gasteiger charge is 1.85. The molecule has 0 radical (unpaired) electrons. The number of hydrogen-bond donors (Lipinski definition) is 1. The molecule has 0 aromatic heterocycles. The molecular weight excluding hydrogens is 168 g/mol. The normalized spacial score (nSPS) is 12.1. The molecule has 0 saturated carbocycles. The molecule has 8 heavy (non-hydrogen) atoms. The van der Waals surface area contributed by atoms with E-state index in [-0.39, 0.29) is 6.61 Å². The fraction of sp³-hybridized carbons (Fsp3) is 0.667. The molecule has 0 heterocycles. The average molecular weight is 179 g/mol. The van der Waals surface area contributed by atoms with Gasteiger partial charge in [0.1, 0.15) is 0 Å². The zero-order chi connectivity index (χ0) is 6.41. The van der Waals surface area contributed by atoms with Crippen LogP contribution < -0.4 is 0 Å². The molecule has 0 spiro atoms. The summed E-state index contributed by atoms with van der Waals surface area (Å²) in [6.45, 7) is 2.32. The van der Waals surface area contributed by atoms with Crippen LogP contribution in [0.1, 0.15) is 19.8 Å². The van der Waals surface area contributed by atoms with E-state index in [0.29, 0.717) is 0 Å². The Morgan fingerprint density at radius 2 is 2.38 bits per heavy atom. The van der Waals surface area contributed by atoms with E-state index in [1.165, 1.54) is 5.57 Å². The van der Waals surface area contributed by atoms with Crippen LogP contribution in [0.5, 0.6) is 0 Å². The third-order valence-electron chi connectivity index (χ3n) is 0.915. The molecule has 0 saturated heterocycles. The van der Waals surface area contributed by atoms with Crippen molar-refractivity contribution in [2.75, 3.05) is 6.61 Å². The lowest BCUT2D eigenvalue weighted by atomic mass is 10.2. The van der Waals surface area contributed by atoms with Gasteiger partial charge in [0.15, 0.2) is 0 Å². The summed E-state index contributed by atoms with van der Waals surface area (Å²) < 4.78 is 0. The number of hydrogen-bond acceptors (Lipinski definition) is 1. The van der Waals surface area contributed by atoms with Crippen molar-refractivity contribution in [3.63, 3.8) is 0 Å². The molecular formula is C6H11BrO. The minimum absolute atomic E-state index is 0.290. The Labute approximate surface area is 58.5 Å². The van der Waals surface area contributed by atoms with Gasteiger partial charge < -0.3 is 5.11 Å². The minimum atomic E-state index is 0.290. The van der Waals surface area contributed by atoms with Gasteiger partial charge in [0, 0.05) is 6.61 Å². The number of rotatable bonds is 3. The fourth-order valence-electron chi connectivity index (χ4n) is 0.412. The molecule has 0 amide bonds. The fourth-order valence-corrected chi connectivity index (χ4v) is 0.641. The molecule has 0 aliphatic rings. The summed E-state index contributed by atoms with van der Waals surface area (Å²) in [7, 11) is 0. The summed E-state index contributed by atoms with van der Waals surface area (Å²) in [6, 6.07) is 0. The van der Waals surface area contributed by atoms with Crippen LogP contribution in [0.25, 0.3) is 0 Å². The van der Waals surface area contributed by atoms with Crippen LogP contribution in [0.4, 0.5) is 0 Å². The summed E-state index contributed by atoms with van der Waals surface area (Å²) in [5.74, 6) is 0. The zero-order valence-electron chi connectivity index (χ0n) is 5.02. The standard InChI is InChI=1S/C6H11BrO/c1-6(5-7)3-2-4-8/h5,8H,2-4H2,1H3. The maximum Gasteiger partial charge on any atom is 0.0434 e. The van der Waals surface area contributed by atoms with E-state index in [4.69, 9.17) is 5.11 Å². The van der Waals surface area contributed by atoms with Gasteiger partial charge in [-0.05, 0) is 24.8 Å². The third-order valence-corrected chi connectivity index (χ3v) is 1.70. The van der Waals surface area contributed by atoms with Gasteiger partial charge in [0.05, 0.1) is 0 Å². The van der Waals surface area contributed by atoms with Gasteiger partial charge in [-0.25, -0.2) is 0 Å². The van der Waals surface area contributed by atoms with Crippen molar-refractivity contribution in [1.29, 1.82) is 0 Å². The molecule has 1 nitrogen and oxygen atoms in total. The molecule has 0 atom stereocenters. The Morgan fingerprint density at radius 1 is 1.75 bits per heavy atom. The van der Waals surface area contributed by atoms with Crippen LogP contribution in [0.2, 0.25) is 0 Å². The van der Waals surface area contributed by atoms with E-state index in [1.54, 1.807) is 0 Å². The Balaban J connectivity index is 3.12. The summed E-state index contributed by atoms with van der Waals surface area (Å²) >= 11 is 3.20. The summed E-state index contributed by atoms with van der Waals surface area (Å²) in [4.78, 5) is 1.89. The number of allylic oxidation sites excluding steroid dienone is 1. The Hall–Kier alpha value is 0.180. The quantitative estimate of drug-likeness (QED) is 0.702. The zero-order valence-corrected chi connectivity index (χ0v) is 6.61. The minimum Gasteiger partial charge on any atom is -0.396 e. The first-order valence-electron chi connectivity index (χ1n) is 2.68. The Morgan fingerprint density at radius 3 is 2.75 bits per heavy atom. The van der Waals surface area contributed by atoms with E-state index in [0.717, 1.165) is 12.8 Å². The highest BCUT2D eigenvalue weighted by atomic mass is 79.9. The third kappa shape index (κ3) is 4.34. The van der Waals surface area contributed by atoms with Crippen molar-refractivity contribution in [3.05, 3.63) is 10.6 Å². The molecule has 0 aromatic carbocycles. The first kappa shape index (κ1) is 8.18. The highest BCUT2D eigenvalue weighted by Crippen LogP contribution is 2.04. The summed E-state index contributed by atoms with van der Waals surface area (Å²) in [5, 5.41) is 8.37. The molecule has 0 rings (SSSR count). The van der Waals surface area contributed by atoms with E-state index >= 15 is 0 Å². The Bertz CT molecular complexity index is 78.6. The molecule has 2 heteroatoms. The maximum atomic E-state index is 8.37. The van der Waals surface area contributed by atoms with Gasteiger partial charge in [0.25, 0.3) is 0 Å². The van der Waals surface area contributed by atoms with E-state index in [2.05, 4.69) is 15.9 Å². The molecule has 0 fully saturated rings. The van der Waals surface area contributed by atoms with Crippen LogP contribution in [-0.2, 0) is 0 Å². The molecule has 0 unspecified atom stereocenters. The highest BCUT2D eigenvalue weighted by molar-refractivity contribution is 9.11. The van der Waals surface area contributed by atoms with Gasteiger partial charge in [-0.1, -0.05) is 21.5 Å². The van der Waals surface area contributed by atoms with Crippen molar-refractivity contribution in [3.8, 4) is 0 Å². The second kappa shape index (κ2) is 5.32. The number of aliphatic hydroxyl groups is 1. The second-order valence-corrected chi connectivity index (χ2v) is 2.24. The lowest BCUT2D eigenvalue weighted by Crippen LogP contribution is -1.82. The second-order valence-electron chi connectivity index (χ2n) is 1.78. The van der Waals surface area contributed by atoms with E-state index < -0.39 is 0 Å². The summed E-state index contributed by atoms with van der Waals surface area (Å²) in [6.07, 6.45) is 1.86. The van der Waals surface area contributed by atoms with Crippen molar-refractivity contribution in [1.82, 2.24) is 0 Å². The number of halogens is 1. The van der Waals surface area contributed by atoms with Crippen LogP contribution in [-0.4, -0.2) is 11.7 Å². The molecule has 0 bridgehead atoms. The maximum absolute atomic E-state index is 8.37. The largest absolute Gasteiger partial charge is 0.396 e. The van der Waals surface area contributed by atoms with Gasteiger partial charge >= 0.3 is 0 Å². The van der Waals surface area contributed by atoms with Crippen LogP contribution in [0, 0.1) is 0 Å². The smallest absolute Gasteiger partial charge is 0.0434 e. The number of aliphatic hydroxyl groups excluding tert-OH is 1. The van der Waals surface area contributed by atoms with Crippen LogP contribution >= 0.6 is 15.9 Å². The molecule has 0 aliphatic carbocycles. The molecule has 1 N–H and O–H groups in total. The van der Waals surface area contributed by atoms with Crippen molar-refractivity contribution < 1.29 is 5.11 Å². The van der Waals surface area contributed by atoms with E-state index in [1.807, 2.05) is 11.9 Å². The van der Waals surface area contributed by atoms with Crippen LogP contribution in [0.3, 0.4) is 0 Å². The van der Waals surface area contributed by atoms with Crippen molar-refractivity contribution in [2.45, 2.75) is 19.8 Å². The molecule has 0 aliphatic heterocycles. The average Bonchev–Trinajstić information content (AvgIpc) is 1.83. The van der Waals surface area contributed by atoms with Gasteiger partial charge in [-0.3, -0.25) is 0 Å². The first-order chi connectivity index (χ1) is 3.81. The lowest BCUT2D eigenvalue weighted by molar-refractivity contribution is 0.288. The Kier molecular flexibility index (Phi) is 5.44. The van der Waals surface area contributed by atoms with Crippen molar-refractivity contribution >= 4 is 15.9 Å². The monoisotopic (exact) mass is 178 g/mol. The van der Waals surface area contributed by atoms with Crippen LogP contribution in [0.15, 0.2) is 10.6 Å². The predicted octanol–water partition coefficient (Wildman–Crippen LogP) is 2.06.